The molecule has 3 aromatic carbocycles. The minimum atomic E-state index is -0.215. The smallest absolute Gasteiger partial charge is 0.259 e. The maximum Gasteiger partial charge on any atom is 0.259 e. The molecule has 0 bridgehead atoms. The van der Waals surface area contributed by atoms with Crippen molar-refractivity contribution in [2.45, 2.75) is 0 Å². The minimum absolute atomic E-state index is 0.147. The minimum Gasteiger partial charge on any atom is -0.497 e. The van der Waals surface area contributed by atoms with Crippen molar-refractivity contribution in [2.24, 2.45) is 5.10 Å². The highest BCUT2D eigenvalue weighted by Crippen LogP contribution is 2.18. The van der Waals surface area contributed by atoms with E-state index in [1.165, 1.54) is 5.39 Å². The van der Waals surface area contributed by atoms with Crippen molar-refractivity contribution >= 4 is 28.6 Å². The first-order valence-corrected chi connectivity index (χ1v) is 7.93. The SMILES string of the molecule is COc1cccc(C=NNC(=O)CNc2ccc3ccccc3c2)c1. The summed E-state index contributed by atoms with van der Waals surface area (Å²) < 4.78 is 5.14. The van der Waals surface area contributed by atoms with Crippen LogP contribution in [0.5, 0.6) is 5.75 Å². The molecule has 0 atom stereocenters. The van der Waals surface area contributed by atoms with Gasteiger partial charge in [0.1, 0.15) is 5.75 Å². The Hall–Kier alpha value is -3.34. The molecule has 0 saturated heterocycles. The Labute approximate surface area is 146 Å². The molecular formula is C20H19N3O2. The number of nitrogens with zero attached hydrogens (tertiary/aromatic N) is 1. The van der Waals surface area contributed by atoms with Gasteiger partial charge in [0.15, 0.2) is 0 Å². The number of fused-ring (bicyclic) bond motifs is 1. The number of carbonyl (C=O) groups is 1. The van der Waals surface area contributed by atoms with Crippen LogP contribution in [0.1, 0.15) is 5.56 Å². The van der Waals surface area contributed by atoms with E-state index < -0.39 is 0 Å². The van der Waals surface area contributed by atoms with Crippen molar-refractivity contribution in [2.75, 3.05) is 19.0 Å². The molecule has 0 aliphatic carbocycles. The Morgan fingerprint density at radius 2 is 1.88 bits per heavy atom. The summed E-state index contributed by atoms with van der Waals surface area (Å²) in [6, 6.07) is 21.5. The number of ether oxygens (including phenoxy) is 1. The fourth-order valence-corrected chi connectivity index (χ4v) is 2.42. The molecule has 3 aromatic rings. The fourth-order valence-electron chi connectivity index (χ4n) is 2.42. The maximum absolute atomic E-state index is 11.9. The Morgan fingerprint density at radius 3 is 2.72 bits per heavy atom. The van der Waals surface area contributed by atoms with Gasteiger partial charge in [0.2, 0.25) is 0 Å². The molecule has 3 rings (SSSR count). The molecule has 0 heterocycles. The molecule has 2 N–H and O–H groups in total. The van der Waals surface area contributed by atoms with Gasteiger partial charge in [0.05, 0.1) is 19.9 Å². The van der Waals surface area contributed by atoms with Crippen molar-refractivity contribution in [3.05, 3.63) is 72.3 Å². The van der Waals surface area contributed by atoms with Crippen LogP contribution in [0.15, 0.2) is 71.8 Å². The van der Waals surface area contributed by atoms with Crippen molar-refractivity contribution in [3.8, 4) is 5.75 Å². The van der Waals surface area contributed by atoms with Gasteiger partial charge in [-0.25, -0.2) is 5.43 Å². The van der Waals surface area contributed by atoms with Gasteiger partial charge in [-0.3, -0.25) is 4.79 Å². The van der Waals surface area contributed by atoms with E-state index in [1.54, 1.807) is 13.3 Å². The Morgan fingerprint density at radius 1 is 1.04 bits per heavy atom. The van der Waals surface area contributed by atoms with Crippen LogP contribution in [-0.4, -0.2) is 25.8 Å². The molecule has 5 heteroatoms. The number of amides is 1. The summed E-state index contributed by atoms with van der Waals surface area (Å²) in [6.45, 7) is 0.147. The lowest BCUT2D eigenvalue weighted by Gasteiger charge is -2.06. The third-order valence-corrected chi connectivity index (χ3v) is 3.70. The van der Waals surface area contributed by atoms with Gasteiger partial charge >= 0.3 is 0 Å². The van der Waals surface area contributed by atoms with Crippen LogP contribution in [-0.2, 0) is 4.79 Å². The summed E-state index contributed by atoms with van der Waals surface area (Å²) in [5.41, 5.74) is 4.25. The van der Waals surface area contributed by atoms with E-state index in [4.69, 9.17) is 4.74 Å². The van der Waals surface area contributed by atoms with E-state index in [9.17, 15) is 4.79 Å². The summed E-state index contributed by atoms with van der Waals surface area (Å²) in [7, 11) is 1.61. The average Bonchev–Trinajstić information content (AvgIpc) is 2.66. The molecule has 0 fully saturated rings. The average molecular weight is 333 g/mol. The number of rotatable bonds is 6. The lowest BCUT2D eigenvalue weighted by molar-refractivity contribution is -0.119. The number of carbonyl (C=O) groups excluding carboxylic acids is 1. The van der Waals surface area contributed by atoms with Crippen LogP contribution in [0.4, 0.5) is 5.69 Å². The summed E-state index contributed by atoms with van der Waals surface area (Å²) in [5.74, 6) is 0.528. The molecule has 126 valence electrons. The quantitative estimate of drug-likeness (QED) is 0.537. The Kier molecular flexibility index (Phi) is 5.26. The second-order valence-electron chi connectivity index (χ2n) is 5.49. The monoisotopic (exact) mass is 333 g/mol. The zero-order valence-electron chi connectivity index (χ0n) is 13.9. The van der Waals surface area contributed by atoms with Gasteiger partial charge in [-0.1, -0.05) is 42.5 Å². The third kappa shape index (κ3) is 4.57. The molecule has 0 aliphatic rings. The van der Waals surface area contributed by atoms with Gasteiger partial charge in [-0.05, 0) is 40.6 Å². The highest BCUT2D eigenvalue weighted by molar-refractivity contribution is 5.87. The summed E-state index contributed by atoms with van der Waals surface area (Å²) >= 11 is 0. The van der Waals surface area contributed by atoms with Crippen molar-refractivity contribution < 1.29 is 9.53 Å². The van der Waals surface area contributed by atoms with Gasteiger partial charge in [0.25, 0.3) is 5.91 Å². The Bertz CT molecular complexity index is 906. The second-order valence-corrected chi connectivity index (χ2v) is 5.49. The predicted octanol–water partition coefficient (Wildman–Crippen LogP) is 3.41. The standard InChI is InChI=1S/C20H19N3O2/c1-25-19-8-4-5-15(11-19)13-22-23-20(24)14-21-18-10-9-16-6-2-3-7-17(16)12-18/h2-13,21H,14H2,1H3,(H,23,24). The summed E-state index contributed by atoms with van der Waals surface area (Å²) in [4.78, 5) is 11.9. The Balaban J connectivity index is 1.52. The number of methoxy groups -OCH3 is 1. The molecule has 0 aliphatic heterocycles. The molecule has 0 radical (unpaired) electrons. The van der Waals surface area contributed by atoms with E-state index in [0.717, 1.165) is 22.4 Å². The third-order valence-electron chi connectivity index (χ3n) is 3.70. The largest absolute Gasteiger partial charge is 0.497 e. The first-order valence-electron chi connectivity index (χ1n) is 7.93. The number of anilines is 1. The number of nitrogens with one attached hydrogen (secondary N) is 2. The topological polar surface area (TPSA) is 62.7 Å². The number of hydrogen-bond donors (Lipinski definition) is 2. The summed E-state index contributed by atoms with van der Waals surface area (Å²) in [5, 5.41) is 9.35. The normalized spacial score (nSPS) is 10.8. The lowest BCUT2D eigenvalue weighted by atomic mass is 10.1. The highest BCUT2D eigenvalue weighted by atomic mass is 16.5. The maximum atomic E-state index is 11.9. The van der Waals surface area contributed by atoms with Crippen LogP contribution in [0, 0.1) is 0 Å². The van der Waals surface area contributed by atoms with Gasteiger partial charge < -0.3 is 10.1 Å². The van der Waals surface area contributed by atoms with E-state index in [-0.39, 0.29) is 12.5 Å². The van der Waals surface area contributed by atoms with Crippen LogP contribution in [0.3, 0.4) is 0 Å². The van der Waals surface area contributed by atoms with E-state index in [1.807, 2.05) is 60.7 Å². The van der Waals surface area contributed by atoms with Gasteiger partial charge in [-0.2, -0.15) is 5.10 Å². The van der Waals surface area contributed by atoms with E-state index in [0.29, 0.717) is 0 Å². The lowest BCUT2D eigenvalue weighted by Crippen LogP contribution is -2.25. The van der Waals surface area contributed by atoms with Crippen LogP contribution >= 0.6 is 0 Å². The van der Waals surface area contributed by atoms with Crippen LogP contribution in [0.2, 0.25) is 0 Å². The van der Waals surface area contributed by atoms with Crippen molar-refractivity contribution in [3.63, 3.8) is 0 Å². The van der Waals surface area contributed by atoms with Crippen LogP contribution in [0.25, 0.3) is 10.8 Å². The van der Waals surface area contributed by atoms with E-state index in [2.05, 4.69) is 21.9 Å². The first kappa shape index (κ1) is 16.5. The van der Waals surface area contributed by atoms with Gasteiger partial charge in [0, 0.05) is 5.69 Å². The first-order chi connectivity index (χ1) is 12.2. The number of hydrazone groups is 1. The molecule has 0 aromatic heterocycles. The molecular weight excluding hydrogens is 314 g/mol. The number of hydrogen-bond acceptors (Lipinski definition) is 4. The molecule has 0 unspecified atom stereocenters. The van der Waals surface area contributed by atoms with E-state index >= 15 is 0 Å². The highest BCUT2D eigenvalue weighted by Gasteiger charge is 2.01. The molecule has 1 amide bonds. The molecule has 5 nitrogen and oxygen atoms in total. The second kappa shape index (κ2) is 7.97. The molecule has 25 heavy (non-hydrogen) atoms. The predicted molar refractivity (Wildman–Crippen MR) is 101 cm³/mol. The van der Waals surface area contributed by atoms with Gasteiger partial charge in [-0.15, -0.1) is 0 Å². The zero-order chi connectivity index (χ0) is 17.5. The fraction of sp³-hybridized carbons (Fsp3) is 0.100. The summed E-state index contributed by atoms with van der Waals surface area (Å²) in [6.07, 6.45) is 1.58. The zero-order valence-corrected chi connectivity index (χ0v) is 13.9. The number of benzene rings is 3. The van der Waals surface area contributed by atoms with Crippen molar-refractivity contribution in [1.82, 2.24) is 5.43 Å². The molecule has 0 saturated carbocycles. The van der Waals surface area contributed by atoms with Crippen molar-refractivity contribution in [1.29, 1.82) is 0 Å². The molecule has 0 spiro atoms. The van der Waals surface area contributed by atoms with Crippen LogP contribution < -0.4 is 15.5 Å².